The van der Waals surface area contributed by atoms with Crippen molar-refractivity contribution in [3.63, 3.8) is 0 Å². The highest BCUT2D eigenvalue weighted by Gasteiger charge is 2.35. The number of nitrogens with zero attached hydrogens (tertiary/aromatic N) is 2. The summed E-state index contributed by atoms with van der Waals surface area (Å²) in [4.78, 5) is 43.2. The first-order valence-corrected chi connectivity index (χ1v) is 10.5. The molecule has 0 saturated carbocycles. The average molecular weight is 433 g/mol. The number of hydrogen-bond acceptors (Lipinski definition) is 5. The van der Waals surface area contributed by atoms with E-state index in [2.05, 4.69) is 21.7 Å². The number of amides is 4. The third-order valence-electron chi connectivity index (χ3n) is 4.64. The Kier molecular flexibility index (Phi) is 5.90. The monoisotopic (exact) mass is 432 g/mol. The van der Waals surface area contributed by atoms with Crippen molar-refractivity contribution in [2.75, 3.05) is 11.9 Å². The Morgan fingerprint density at radius 3 is 2.74 bits per heavy atom. The maximum atomic E-state index is 12.5. The zero-order valence-electron chi connectivity index (χ0n) is 16.8. The molecule has 7 nitrogen and oxygen atoms in total. The summed E-state index contributed by atoms with van der Waals surface area (Å²) in [6, 6.07) is 16.7. The van der Waals surface area contributed by atoms with E-state index in [-0.39, 0.29) is 12.2 Å². The molecule has 2 N–H and O–H groups in total. The van der Waals surface area contributed by atoms with Crippen LogP contribution in [0.4, 0.5) is 9.93 Å². The maximum absolute atomic E-state index is 12.5. The number of rotatable bonds is 6. The van der Waals surface area contributed by atoms with Crippen LogP contribution < -0.4 is 10.6 Å². The quantitative estimate of drug-likeness (QED) is 0.460. The molecule has 156 valence electrons. The Bertz CT molecular complexity index is 1170. The van der Waals surface area contributed by atoms with E-state index < -0.39 is 17.8 Å². The molecule has 8 heteroatoms. The number of benzene rings is 2. The summed E-state index contributed by atoms with van der Waals surface area (Å²) in [5, 5.41) is 5.61. The predicted molar refractivity (Wildman–Crippen MR) is 119 cm³/mol. The van der Waals surface area contributed by atoms with Crippen molar-refractivity contribution in [1.82, 2.24) is 15.2 Å². The van der Waals surface area contributed by atoms with Crippen LogP contribution in [-0.2, 0) is 16.0 Å². The van der Waals surface area contributed by atoms with E-state index in [4.69, 9.17) is 0 Å². The van der Waals surface area contributed by atoms with Gasteiger partial charge in [0, 0.05) is 17.5 Å². The fraction of sp³-hybridized carbons (Fsp3) is 0.130. The minimum atomic E-state index is -0.624. The van der Waals surface area contributed by atoms with E-state index in [0.29, 0.717) is 5.13 Å². The van der Waals surface area contributed by atoms with Crippen molar-refractivity contribution in [3.05, 3.63) is 88.1 Å². The van der Waals surface area contributed by atoms with E-state index in [9.17, 15) is 14.4 Å². The lowest BCUT2D eigenvalue weighted by Gasteiger charge is -2.10. The summed E-state index contributed by atoms with van der Waals surface area (Å²) < 4.78 is 0. The molecule has 0 aliphatic carbocycles. The molecule has 1 saturated heterocycles. The number of aromatic nitrogens is 1. The second kappa shape index (κ2) is 8.93. The fourth-order valence-corrected chi connectivity index (χ4v) is 4.07. The van der Waals surface area contributed by atoms with Gasteiger partial charge in [0.25, 0.3) is 5.91 Å². The highest BCUT2D eigenvalue weighted by atomic mass is 32.1. The summed E-state index contributed by atoms with van der Waals surface area (Å²) >= 11 is 1.37. The molecular weight excluding hydrogens is 412 g/mol. The molecule has 0 unspecified atom stereocenters. The van der Waals surface area contributed by atoms with Gasteiger partial charge in [0.15, 0.2) is 5.13 Å². The molecule has 2 heterocycles. The molecule has 31 heavy (non-hydrogen) atoms. The first kappa shape index (κ1) is 20.5. The maximum Gasteiger partial charge on any atom is 0.329 e. The number of carbonyl (C=O) groups is 3. The van der Waals surface area contributed by atoms with Crippen molar-refractivity contribution >= 4 is 40.4 Å². The first-order chi connectivity index (χ1) is 15.0. The van der Waals surface area contributed by atoms with Gasteiger partial charge in [0.05, 0.1) is 0 Å². The third kappa shape index (κ3) is 5.04. The lowest BCUT2D eigenvalue weighted by molar-refractivity contribution is -0.127. The predicted octanol–water partition coefficient (Wildman–Crippen LogP) is 3.57. The van der Waals surface area contributed by atoms with Crippen LogP contribution in [0.3, 0.4) is 0 Å². The Balaban J connectivity index is 1.37. The van der Waals surface area contributed by atoms with Crippen LogP contribution in [0.1, 0.15) is 21.6 Å². The lowest BCUT2D eigenvalue weighted by Crippen LogP contribution is -2.38. The fourth-order valence-electron chi connectivity index (χ4n) is 3.20. The average Bonchev–Trinajstić information content (AvgIpc) is 3.28. The number of carbonyl (C=O) groups excluding carboxylic acids is 3. The van der Waals surface area contributed by atoms with Gasteiger partial charge < -0.3 is 10.6 Å². The normalized spacial score (nSPS) is 14.7. The van der Waals surface area contributed by atoms with E-state index in [0.717, 1.165) is 21.8 Å². The zero-order valence-corrected chi connectivity index (χ0v) is 17.6. The van der Waals surface area contributed by atoms with Crippen molar-refractivity contribution < 1.29 is 14.4 Å². The highest BCUT2D eigenvalue weighted by molar-refractivity contribution is 7.15. The SMILES string of the molecule is Cc1cccc(Cc2cnc(NC(=O)CN3C(=O)N/C(=C\c4ccccc4)C3=O)s2)c1. The topological polar surface area (TPSA) is 91.4 Å². The number of imide groups is 1. The van der Waals surface area contributed by atoms with Gasteiger partial charge >= 0.3 is 6.03 Å². The Morgan fingerprint density at radius 1 is 1.16 bits per heavy atom. The van der Waals surface area contributed by atoms with Crippen LogP contribution in [0.2, 0.25) is 0 Å². The van der Waals surface area contributed by atoms with Gasteiger partial charge in [0.2, 0.25) is 5.91 Å². The lowest BCUT2D eigenvalue weighted by atomic mass is 10.1. The van der Waals surface area contributed by atoms with Crippen molar-refractivity contribution in [2.24, 2.45) is 0 Å². The highest BCUT2D eigenvalue weighted by Crippen LogP contribution is 2.22. The summed E-state index contributed by atoms with van der Waals surface area (Å²) in [6.45, 7) is 1.65. The number of hydrogen-bond donors (Lipinski definition) is 2. The summed E-state index contributed by atoms with van der Waals surface area (Å²) in [6.07, 6.45) is 4.02. The number of anilines is 1. The smallest absolute Gasteiger partial charge is 0.303 e. The molecule has 0 spiro atoms. The molecule has 1 aliphatic rings. The molecule has 0 radical (unpaired) electrons. The molecule has 4 amide bonds. The number of nitrogens with one attached hydrogen (secondary N) is 2. The van der Waals surface area contributed by atoms with Gasteiger partial charge in [-0.15, -0.1) is 11.3 Å². The zero-order chi connectivity index (χ0) is 21.8. The molecule has 1 aliphatic heterocycles. The van der Waals surface area contributed by atoms with Crippen molar-refractivity contribution in [1.29, 1.82) is 0 Å². The minimum absolute atomic E-state index is 0.138. The summed E-state index contributed by atoms with van der Waals surface area (Å²) in [5.41, 5.74) is 3.27. The molecule has 2 aromatic carbocycles. The number of thiazole rings is 1. The molecular formula is C23H20N4O3S. The molecule has 0 bridgehead atoms. The van der Waals surface area contributed by atoms with Crippen molar-refractivity contribution in [3.8, 4) is 0 Å². The number of urea groups is 1. The third-order valence-corrected chi connectivity index (χ3v) is 5.55. The van der Waals surface area contributed by atoms with Gasteiger partial charge in [-0.25, -0.2) is 14.7 Å². The van der Waals surface area contributed by atoms with E-state index in [1.807, 2.05) is 55.5 Å². The Hall–Kier alpha value is -3.78. The van der Waals surface area contributed by atoms with Gasteiger partial charge in [-0.3, -0.25) is 9.59 Å². The second-order valence-electron chi connectivity index (χ2n) is 7.14. The molecule has 4 rings (SSSR count). The summed E-state index contributed by atoms with van der Waals surface area (Å²) in [7, 11) is 0. The van der Waals surface area contributed by atoms with Crippen LogP contribution in [-0.4, -0.2) is 34.3 Å². The molecule has 3 aromatic rings. The van der Waals surface area contributed by atoms with Crippen LogP contribution in [0.5, 0.6) is 0 Å². The minimum Gasteiger partial charge on any atom is -0.303 e. The van der Waals surface area contributed by atoms with Crippen LogP contribution >= 0.6 is 11.3 Å². The number of aryl methyl sites for hydroxylation is 1. The van der Waals surface area contributed by atoms with E-state index >= 15 is 0 Å². The Labute approximate surface area is 183 Å². The molecule has 1 fully saturated rings. The first-order valence-electron chi connectivity index (χ1n) is 9.67. The summed E-state index contributed by atoms with van der Waals surface area (Å²) in [5.74, 6) is -1.02. The van der Waals surface area contributed by atoms with Crippen LogP contribution in [0.25, 0.3) is 6.08 Å². The second-order valence-corrected chi connectivity index (χ2v) is 8.25. The molecule has 0 atom stereocenters. The van der Waals surface area contributed by atoms with Gasteiger partial charge in [-0.1, -0.05) is 60.2 Å². The van der Waals surface area contributed by atoms with Gasteiger partial charge in [-0.2, -0.15) is 0 Å². The van der Waals surface area contributed by atoms with Gasteiger partial charge in [-0.05, 0) is 24.1 Å². The standard InChI is InChI=1S/C23H20N4O3S/c1-15-6-5-9-17(10-15)11-18-13-24-22(31-18)26-20(28)14-27-21(29)19(25-23(27)30)12-16-7-3-2-4-8-16/h2-10,12-13H,11,14H2,1H3,(H,25,30)(H,24,26,28)/b19-12-. The molecule has 1 aromatic heterocycles. The largest absolute Gasteiger partial charge is 0.329 e. The van der Waals surface area contributed by atoms with Crippen LogP contribution in [0.15, 0.2) is 66.5 Å². The van der Waals surface area contributed by atoms with Crippen LogP contribution in [0, 0.1) is 6.92 Å². The van der Waals surface area contributed by atoms with E-state index in [1.54, 1.807) is 12.3 Å². The Morgan fingerprint density at radius 2 is 1.97 bits per heavy atom. The van der Waals surface area contributed by atoms with Gasteiger partial charge in [0.1, 0.15) is 12.2 Å². The van der Waals surface area contributed by atoms with Crippen molar-refractivity contribution in [2.45, 2.75) is 13.3 Å². The van der Waals surface area contributed by atoms with E-state index in [1.165, 1.54) is 22.5 Å².